The second-order valence-corrected chi connectivity index (χ2v) is 14.6. The van der Waals surface area contributed by atoms with Gasteiger partial charge in [-0.25, -0.2) is 0 Å². The Morgan fingerprint density at radius 3 is 2.40 bits per heavy atom. The number of para-hydroxylation sites is 1. The van der Waals surface area contributed by atoms with E-state index in [1.165, 1.54) is 6.42 Å². The summed E-state index contributed by atoms with van der Waals surface area (Å²) < 4.78 is -1.06. The summed E-state index contributed by atoms with van der Waals surface area (Å²) in [5.41, 5.74) is 0.793. The van der Waals surface area contributed by atoms with Gasteiger partial charge in [-0.3, -0.25) is 14.4 Å². The first kappa shape index (κ1) is 30.9. The van der Waals surface area contributed by atoms with Crippen molar-refractivity contribution in [2.45, 2.75) is 92.7 Å². The summed E-state index contributed by atoms with van der Waals surface area (Å²) in [6, 6.07) is 9.17. The largest absolute Gasteiger partial charge is 0.396 e. The molecule has 228 valence electrons. The monoisotopic (exact) mass is 593 g/mol. The number of aliphatic hydroxyl groups excluding tert-OH is 1. The highest BCUT2D eigenvalue weighted by Crippen LogP contribution is 2.71. The minimum atomic E-state index is -0.634. The number of benzene rings is 1. The Hall–Kier alpha value is -2.58. The number of thioether (sulfide) groups is 1. The third-order valence-electron chi connectivity index (χ3n) is 10.1. The van der Waals surface area contributed by atoms with Gasteiger partial charge < -0.3 is 19.8 Å². The fraction of sp³-hybridized carbons (Fsp3) is 0.618. The van der Waals surface area contributed by atoms with Gasteiger partial charge in [0.05, 0.1) is 16.6 Å². The summed E-state index contributed by atoms with van der Waals surface area (Å²) in [4.78, 5) is 49.5. The van der Waals surface area contributed by atoms with E-state index in [4.69, 9.17) is 0 Å². The van der Waals surface area contributed by atoms with Crippen molar-refractivity contribution in [1.29, 1.82) is 0 Å². The highest BCUT2D eigenvalue weighted by atomic mass is 32.2. The van der Waals surface area contributed by atoms with Crippen molar-refractivity contribution < 1.29 is 19.5 Å². The normalized spacial score (nSPS) is 30.3. The molecule has 2 bridgehead atoms. The smallest absolute Gasteiger partial charge is 0.247 e. The molecule has 5 atom stereocenters. The number of fused-ring (bicyclic) bond motifs is 1. The first-order valence-corrected chi connectivity index (χ1v) is 16.6. The molecule has 3 saturated heterocycles. The second-order valence-electron chi connectivity index (χ2n) is 12.7. The van der Waals surface area contributed by atoms with Crippen LogP contribution in [-0.2, 0) is 14.4 Å². The molecule has 0 radical (unpaired) electrons. The average molecular weight is 594 g/mol. The molecule has 8 heteroatoms. The number of amides is 3. The van der Waals surface area contributed by atoms with Crippen LogP contribution in [0.1, 0.15) is 71.1 Å². The van der Waals surface area contributed by atoms with E-state index in [1.807, 2.05) is 46.2 Å². The Morgan fingerprint density at radius 1 is 1.02 bits per heavy atom. The predicted octanol–water partition coefficient (Wildman–Crippen LogP) is 5.20. The molecule has 3 amide bonds. The van der Waals surface area contributed by atoms with Crippen LogP contribution in [0.5, 0.6) is 0 Å². The number of aliphatic hydroxyl groups is 1. The molecular weight excluding hydrogens is 546 g/mol. The summed E-state index contributed by atoms with van der Waals surface area (Å²) in [5.74, 6) is -1.16. The molecule has 1 N–H and O–H groups in total. The third-order valence-corrected chi connectivity index (χ3v) is 12.1. The van der Waals surface area contributed by atoms with Crippen molar-refractivity contribution in [3.8, 4) is 0 Å². The molecule has 1 saturated carbocycles. The van der Waals surface area contributed by atoms with Gasteiger partial charge in [-0.1, -0.05) is 49.6 Å². The lowest BCUT2D eigenvalue weighted by Crippen LogP contribution is -2.57. The van der Waals surface area contributed by atoms with Crippen molar-refractivity contribution in [3.05, 3.63) is 55.6 Å². The van der Waals surface area contributed by atoms with Crippen molar-refractivity contribution in [2.75, 3.05) is 31.1 Å². The van der Waals surface area contributed by atoms with Crippen LogP contribution >= 0.6 is 11.8 Å². The van der Waals surface area contributed by atoms with Gasteiger partial charge in [0.2, 0.25) is 17.7 Å². The van der Waals surface area contributed by atoms with Gasteiger partial charge in [0.25, 0.3) is 0 Å². The number of likely N-dealkylation sites (tertiary alicyclic amines) is 1. The molecule has 42 heavy (non-hydrogen) atoms. The van der Waals surface area contributed by atoms with E-state index >= 15 is 0 Å². The SMILES string of the molecule is C=CCN(C(=O)[C@H]1[C@H]2C(=O)N(CCCCCO)C(C(=O)N(CC=C)C3CCCCC3)C23CC[C@]1(C)S3)c1ccccc1. The number of nitrogens with zero attached hydrogens (tertiary/aromatic N) is 3. The maximum Gasteiger partial charge on any atom is 0.247 e. The summed E-state index contributed by atoms with van der Waals surface area (Å²) in [6.07, 6.45) is 12.6. The van der Waals surface area contributed by atoms with Gasteiger partial charge in [-0.05, 0) is 64.0 Å². The Balaban J connectivity index is 1.53. The molecule has 3 heterocycles. The summed E-state index contributed by atoms with van der Waals surface area (Å²) in [7, 11) is 0. The predicted molar refractivity (Wildman–Crippen MR) is 169 cm³/mol. The van der Waals surface area contributed by atoms with Gasteiger partial charge in [0.1, 0.15) is 6.04 Å². The summed E-state index contributed by atoms with van der Waals surface area (Å²) in [6.45, 7) is 11.4. The number of hydrogen-bond acceptors (Lipinski definition) is 5. The Bertz CT molecular complexity index is 1170. The first-order chi connectivity index (χ1) is 20.3. The fourth-order valence-corrected chi connectivity index (χ4v) is 10.6. The van der Waals surface area contributed by atoms with Crippen LogP contribution < -0.4 is 4.90 Å². The quantitative estimate of drug-likeness (QED) is 0.251. The summed E-state index contributed by atoms with van der Waals surface area (Å²) >= 11 is 1.74. The molecule has 0 aromatic heterocycles. The molecule has 3 aliphatic heterocycles. The minimum absolute atomic E-state index is 0.0238. The first-order valence-electron chi connectivity index (χ1n) is 15.8. The van der Waals surface area contributed by atoms with E-state index < -0.39 is 27.4 Å². The van der Waals surface area contributed by atoms with Crippen molar-refractivity contribution in [2.24, 2.45) is 11.8 Å². The van der Waals surface area contributed by atoms with Gasteiger partial charge in [0.15, 0.2) is 0 Å². The zero-order valence-corrected chi connectivity index (χ0v) is 25.9. The van der Waals surface area contributed by atoms with Gasteiger partial charge in [-0.15, -0.1) is 24.9 Å². The minimum Gasteiger partial charge on any atom is -0.396 e. The van der Waals surface area contributed by atoms with Crippen molar-refractivity contribution in [1.82, 2.24) is 9.80 Å². The number of carbonyl (C=O) groups excluding carboxylic acids is 3. The van der Waals surface area contributed by atoms with Crippen LogP contribution in [0.2, 0.25) is 0 Å². The molecule has 2 unspecified atom stereocenters. The molecule has 1 spiro atoms. The summed E-state index contributed by atoms with van der Waals surface area (Å²) in [5, 5.41) is 9.35. The maximum absolute atomic E-state index is 14.8. The molecule has 1 aromatic carbocycles. The molecule has 4 fully saturated rings. The molecular formula is C34H47N3O4S. The lowest BCUT2D eigenvalue weighted by Gasteiger charge is -2.41. The highest BCUT2D eigenvalue weighted by molar-refractivity contribution is 8.02. The van der Waals surface area contributed by atoms with E-state index in [1.54, 1.807) is 22.7 Å². The van der Waals surface area contributed by atoms with E-state index in [2.05, 4.69) is 20.1 Å². The molecule has 5 rings (SSSR count). The number of hydrogen-bond donors (Lipinski definition) is 1. The van der Waals surface area contributed by atoms with Crippen LogP contribution in [0.4, 0.5) is 5.69 Å². The second kappa shape index (κ2) is 13.0. The lowest BCUT2D eigenvalue weighted by molar-refractivity contribution is -0.144. The number of carbonyl (C=O) groups is 3. The number of anilines is 1. The topological polar surface area (TPSA) is 81.2 Å². The van der Waals surface area contributed by atoms with E-state index in [0.29, 0.717) is 26.1 Å². The Labute approximate surface area is 255 Å². The fourth-order valence-electron chi connectivity index (χ4n) is 8.23. The third kappa shape index (κ3) is 5.34. The van der Waals surface area contributed by atoms with Crippen molar-refractivity contribution >= 4 is 35.2 Å². The van der Waals surface area contributed by atoms with Crippen LogP contribution in [0.25, 0.3) is 0 Å². The standard InChI is InChI=1S/C34H47N3O4S/c1-4-21-35(25-15-9-6-10-16-25)30(39)27-28-31(40)37(23-13-8-14-24-38)29(34(28)20-19-33(27,3)42-34)32(41)36(22-5-2)26-17-11-7-12-18-26/h4-6,9-10,15-16,26-29,38H,1-2,7-8,11-14,17-24H2,3H3/t27-,28+,29?,33+,34?/m1/s1. The van der Waals surface area contributed by atoms with E-state index in [-0.39, 0.29) is 30.4 Å². The highest BCUT2D eigenvalue weighted by Gasteiger charge is 2.77. The molecule has 7 nitrogen and oxygen atoms in total. The molecule has 4 aliphatic rings. The Kier molecular flexibility index (Phi) is 9.53. The maximum atomic E-state index is 14.8. The van der Waals surface area contributed by atoms with Crippen LogP contribution in [-0.4, -0.2) is 80.4 Å². The van der Waals surface area contributed by atoms with Crippen molar-refractivity contribution in [3.63, 3.8) is 0 Å². The van der Waals surface area contributed by atoms with Gasteiger partial charge in [-0.2, -0.15) is 0 Å². The molecule has 1 aliphatic carbocycles. The number of unbranched alkanes of at least 4 members (excludes halogenated alkanes) is 2. The van der Waals surface area contributed by atoms with Crippen LogP contribution in [0.15, 0.2) is 55.6 Å². The zero-order chi connectivity index (χ0) is 29.9. The Morgan fingerprint density at radius 2 is 1.74 bits per heavy atom. The van der Waals surface area contributed by atoms with E-state index in [9.17, 15) is 19.5 Å². The van der Waals surface area contributed by atoms with Gasteiger partial charge in [0, 0.05) is 42.7 Å². The van der Waals surface area contributed by atoms with Crippen LogP contribution in [0.3, 0.4) is 0 Å². The molecule has 1 aromatic rings. The number of rotatable bonds is 13. The zero-order valence-electron chi connectivity index (χ0n) is 25.1. The average Bonchev–Trinajstić information content (AvgIpc) is 3.57. The van der Waals surface area contributed by atoms with E-state index in [0.717, 1.165) is 57.1 Å². The lowest BCUT2D eigenvalue weighted by atomic mass is 9.66. The van der Waals surface area contributed by atoms with Gasteiger partial charge >= 0.3 is 0 Å². The van der Waals surface area contributed by atoms with Crippen LogP contribution in [0, 0.1) is 11.8 Å².